The highest BCUT2D eigenvalue weighted by atomic mass is 16.6. The number of carbonyl (C=O) groups is 2. The third kappa shape index (κ3) is 5.33. The zero-order valence-electron chi connectivity index (χ0n) is 17.7. The van der Waals surface area contributed by atoms with Gasteiger partial charge < -0.3 is 19.3 Å². The molecule has 31 heavy (non-hydrogen) atoms. The van der Waals surface area contributed by atoms with Crippen LogP contribution in [0.4, 0.5) is 0 Å². The molecule has 2 aromatic carbocycles. The number of hydrogen-bond donors (Lipinski definition) is 1. The lowest BCUT2D eigenvalue weighted by atomic mass is 9.97. The second-order valence-electron chi connectivity index (χ2n) is 7.52. The molecule has 1 N–H and O–H groups in total. The summed E-state index contributed by atoms with van der Waals surface area (Å²) in [5.74, 6) is 5.81. The maximum atomic E-state index is 12.4. The molecule has 0 saturated carbocycles. The van der Waals surface area contributed by atoms with E-state index < -0.39 is 24.1 Å². The number of hydrogen-bond acceptors (Lipinski definition) is 6. The fourth-order valence-corrected chi connectivity index (χ4v) is 3.07. The molecular weight excluding hydrogens is 396 g/mol. The van der Waals surface area contributed by atoms with Crippen molar-refractivity contribution < 1.29 is 28.9 Å². The van der Waals surface area contributed by atoms with Gasteiger partial charge >= 0.3 is 11.9 Å². The summed E-state index contributed by atoms with van der Waals surface area (Å²) < 4.78 is 15.8. The zero-order valence-corrected chi connectivity index (χ0v) is 17.7. The lowest BCUT2D eigenvalue weighted by Gasteiger charge is -2.24. The molecule has 1 aliphatic heterocycles. The monoisotopic (exact) mass is 420 g/mol. The molecule has 0 amide bonds. The summed E-state index contributed by atoms with van der Waals surface area (Å²) in [5.41, 5.74) is 2.03. The Hall–Kier alpha value is -3.56. The van der Waals surface area contributed by atoms with Crippen molar-refractivity contribution in [2.75, 3.05) is 20.3 Å². The molecule has 3 rings (SSSR count). The number of rotatable bonds is 5. The fourth-order valence-electron chi connectivity index (χ4n) is 3.07. The smallest absolute Gasteiger partial charge is 0.338 e. The highest BCUT2D eigenvalue weighted by molar-refractivity contribution is 5.92. The minimum Gasteiger partial charge on any atom is -0.497 e. The van der Waals surface area contributed by atoms with E-state index in [0.717, 1.165) is 22.4 Å². The number of methoxy groups -OCH3 is 1. The minimum atomic E-state index is -1.23. The largest absolute Gasteiger partial charge is 0.497 e. The van der Waals surface area contributed by atoms with Gasteiger partial charge in [-0.3, -0.25) is 0 Å². The Morgan fingerprint density at radius 2 is 1.65 bits per heavy atom. The second-order valence-corrected chi connectivity index (χ2v) is 7.52. The molecule has 0 bridgehead atoms. The van der Waals surface area contributed by atoms with Crippen LogP contribution in [-0.2, 0) is 14.3 Å². The van der Waals surface area contributed by atoms with E-state index in [4.69, 9.17) is 14.2 Å². The molecule has 0 aliphatic carbocycles. The molecular formula is C25H24O6. The molecule has 160 valence electrons. The molecule has 0 aromatic heterocycles. The number of benzene rings is 2. The summed E-state index contributed by atoms with van der Waals surface area (Å²) >= 11 is 0. The van der Waals surface area contributed by atoms with Crippen LogP contribution in [0, 0.1) is 11.8 Å². The average molecular weight is 420 g/mol. The Kier molecular flexibility index (Phi) is 6.78. The predicted molar refractivity (Wildman–Crippen MR) is 115 cm³/mol. The Morgan fingerprint density at radius 3 is 2.13 bits per heavy atom. The first-order valence-electron chi connectivity index (χ1n) is 9.79. The van der Waals surface area contributed by atoms with Crippen LogP contribution in [0.25, 0.3) is 0 Å². The third-order valence-corrected chi connectivity index (χ3v) is 4.97. The fraction of sp³-hybridized carbons (Fsp3) is 0.280. The first kappa shape index (κ1) is 22.1. The lowest BCUT2D eigenvalue weighted by Crippen LogP contribution is -2.39. The van der Waals surface area contributed by atoms with Crippen molar-refractivity contribution in [3.8, 4) is 17.6 Å². The number of aliphatic hydroxyl groups excluding tert-OH is 1. The van der Waals surface area contributed by atoms with E-state index in [0.29, 0.717) is 11.1 Å². The third-order valence-electron chi connectivity index (χ3n) is 4.97. The number of esters is 2. The van der Waals surface area contributed by atoms with E-state index in [1.165, 1.54) is 0 Å². The van der Waals surface area contributed by atoms with Crippen molar-refractivity contribution in [1.29, 1.82) is 0 Å². The van der Waals surface area contributed by atoms with Gasteiger partial charge in [-0.05, 0) is 62.4 Å². The molecule has 1 fully saturated rings. The van der Waals surface area contributed by atoms with E-state index in [-0.39, 0.29) is 13.0 Å². The summed E-state index contributed by atoms with van der Waals surface area (Å²) in [6.45, 7) is 2.96. The predicted octanol–water partition coefficient (Wildman–Crippen LogP) is 3.27. The van der Waals surface area contributed by atoms with Crippen LogP contribution < -0.4 is 4.74 Å². The molecule has 6 nitrogen and oxygen atoms in total. The molecule has 1 heterocycles. The molecule has 6 heteroatoms. The van der Waals surface area contributed by atoms with Crippen LogP contribution in [0.2, 0.25) is 0 Å². The van der Waals surface area contributed by atoms with Gasteiger partial charge in [0, 0.05) is 23.1 Å². The first-order valence-corrected chi connectivity index (χ1v) is 9.79. The van der Waals surface area contributed by atoms with E-state index in [2.05, 4.69) is 11.8 Å². The maximum Gasteiger partial charge on any atom is 0.338 e. The van der Waals surface area contributed by atoms with Gasteiger partial charge in [0.15, 0.2) is 5.60 Å². The summed E-state index contributed by atoms with van der Waals surface area (Å²) in [5, 5.41) is 9.72. The van der Waals surface area contributed by atoms with Gasteiger partial charge in [0.05, 0.1) is 19.3 Å². The molecule has 0 spiro atoms. The first-order chi connectivity index (χ1) is 14.9. The normalized spacial score (nSPS) is 17.4. The molecule has 1 unspecified atom stereocenters. The molecule has 1 saturated heterocycles. The van der Waals surface area contributed by atoms with Crippen molar-refractivity contribution in [2.24, 2.45) is 0 Å². The van der Waals surface area contributed by atoms with Gasteiger partial charge in [-0.2, -0.15) is 0 Å². The zero-order chi connectivity index (χ0) is 22.4. The van der Waals surface area contributed by atoms with Crippen molar-refractivity contribution in [1.82, 2.24) is 0 Å². The summed E-state index contributed by atoms with van der Waals surface area (Å²) in [7, 11) is 1.61. The number of allylic oxidation sites excluding steroid dienone is 1. The van der Waals surface area contributed by atoms with E-state index in [9.17, 15) is 14.7 Å². The summed E-state index contributed by atoms with van der Waals surface area (Å²) in [6.07, 6.45) is 0.206. The Bertz CT molecular complexity index is 1050. The highest BCUT2D eigenvalue weighted by Gasteiger charge is 2.45. The molecule has 2 aromatic rings. The number of aliphatic hydroxyl groups is 1. The van der Waals surface area contributed by atoms with Gasteiger partial charge in [-0.25, -0.2) is 9.59 Å². The number of ether oxygens (including phenoxy) is 3. The highest BCUT2D eigenvalue weighted by Crippen LogP contribution is 2.33. The van der Waals surface area contributed by atoms with E-state index in [1.807, 2.05) is 24.3 Å². The van der Waals surface area contributed by atoms with Crippen LogP contribution in [0.15, 0.2) is 59.7 Å². The van der Waals surface area contributed by atoms with Crippen LogP contribution in [0.5, 0.6) is 5.75 Å². The van der Waals surface area contributed by atoms with Crippen LogP contribution in [0.1, 0.15) is 41.8 Å². The number of carbonyl (C=O) groups excluding carboxylic acids is 2. The Balaban J connectivity index is 1.62. The summed E-state index contributed by atoms with van der Waals surface area (Å²) in [6, 6.07) is 14.1. The van der Waals surface area contributed by atoms with Gasteiger partial charge in [0.1, 0.15) is 12.4 Å². The maximum absolute atomic E-state index is 12.4. The topological polar surface area (TPSA) is 82.1 Å². The summed E-state index contributed by atoms with van der Waals surface area (Å²) in [4.78, 5) is 24.4. The van der Waals surface area contributed by atoms with Crippen LogP contribution in [-0.4, -0.2) is 43.0 Å². The van der Waals surface area contributed by atoms with Crippen LogP contribution in [0.3, 0.4) is 0 Å². The van der Waals surface area contributed by atoms with Crippen molar-refractivity contribution in [2.45, 2.75) is 25.9 Å². The Morgan fingerprint density at radius 1 is 1.06 bits per heavy atom. The van der Waals surface area contributed by atoms with Gasteiger partial charge in [0.2, 0.25) is 0 Å². The van der Waals surface area contributed by atoms with Crippen molar-refractivity contribution >= 4 is 11.9 Å². The standard InChI is InChI=1S/C25H24O6/c1-17(2)22-14-25(15-26,31-24(22)28)16-30-23(27)20-10-6-18(7-11-20)4-5-19-8-12-21(29-3)13-9-19/h6-13,26H,14-16H2,1-3H3. The number of cyclic esters (lactones) is 1. The average Bonchev–Trinajstić information content (AvgIpc) is 3.14. The van der Waals surface area contributed by atoms with Gasteiger partial charge in [0.25, 0.3) is 0 Å². The van der Waals surface area contributed by atoms with Crippen molar-refractivity contribution in [3.63, 3.8) is 0 Å². The minimum absolute atomic E-state index is 0.206. The quantitative estimate of drug-likeness (QED) is 0.454. The van der Waals surface area contributed by atoms with E-state index in [1.54, 1.807) is 45.2 Å². The van der Waals surface area contributed by atoms with Gasteiger partial charge in [-0.1, -0.05) is 17.4 Å². The van der Waals surface area contributed by atoms with Gasteiger partial charge in [-0.15, -0.1) is 0 Å². The molecule has 1 atom stereocenters. The SMILES string of the molecule is COc1ccc(C#Cc2ccc(C(=O)OCC3(CO)CC(=C(C)C)C(=O)O3)cc2)cc1. The van der Waals surface area contributed by atoms with E-state index >= 15 is 0 Å². The lowest BCUT2D eigenvalue weighted by molar-refractivity contribution is -0.154. The molecule has 0 radical (unpaired) electrons. The van der Waals surface area contributed by atoms with Crippen LogP contribution >= 0.6 is 0 Å². The molecule has 1 aliphatic rings. The van der Waals surface area contributed by atoms with Crippen molar-refractivity contribution in [3.05, 3.63) is 76.4 Å². The second kappa shape index (κ2) is 9.50. The Labute approximate surface area is 181 Å².